The number of halogens is 1. The molecule has 0 aromatic rings. The van der Waals surface area contributed by atoms with Crippen LogP contribution in [-0.4, -0.2) is 6.04 Å². The summed E-state index contributed by atoms with van der Waals surface area (Å²) in [6, 6.07) is 0.536. The molecular formula is C10H20ClN. The van der Waals surface area contributed by atoms with Crippen LogP contribution in [0.15, 0.2) is 0 Å². The molecule has 3 atom stereocenters. The average Bonchev–Trinajstić information content (AvgIpc) is 2.04. The van der Waals surface area contributed by atoms with Gasteiger partial charge in [-0.25, -0.2) is 0 Å². The Bertz CT molecular complexity index is 138. The van der Waals surface area contributed by atoms with Crippen LogP contribution in [0, 0.1) is 11.8 Å². The fourth-order valence-corrected chi connectivity index (χ4v) is 2.91. The third-order valence-corrected chi connectivity index (χ3v) is 3.58. The van der Waals surface area contributed by atoms with Gasteiger partial charge in [0.1, 0.15) is 0 Å². The molecule has 0 aromatic carbocycles. The molecule has 2 fully saturated rings. The van der Waals surface area contributed by atoms with E-state index in [4.69, 9.17) is 5.73 Å². The van der Waals surface area contributed by atoms with Crippen molar-refractivity contribution in [2.75, 3.05) is 0 Å². The standard InChI is InChI=1S/C10H19N.ClH/c11-10-6-5-8-3-1-2-4-9(8)7-10;/h8-10H,1-7,11H2;1H/t8-,9-,10+;/m1./s1. The van der Waals surface area contributed by atoms with Crippen molar-refractivity contribution in [3.05, 3.63) is 0 Å². The molecule has 0 bridgehead atoms. The summed E-state index contributed by atoms with van der Waals surface area (Å²) in [5.41, 5.74) is 5.94. The maximum absolute atomic E-state index is 5.94. The van der Waals surface area contributed by atoms with Gasteiger partial charge in [0.2, 0.25) is 0 Å². The highest BCUT2D eigenvalue weighted by atomic mass is 35.5. The lowest BCUT2D eigenvalue weighted by Crippen LogP contribution is -2.34. The lowest BCUT2D eigenvalue weighted by Gasteiger charge is -2.38. The summed E-state index contributed by atoms with van der Waals surface area (Å²) in [4.78, 5) is 0. The minimum absolute atomic E-state index is 0. The maximum atomic E-state index is 5.94. The van der Waals surface area contributed by atoms with Crippen molar-refractivity contribution in [1.29, 1.82) is 0 Å². The van der Waals surface area contributed by atoms with E-state index in [2.05, 4.69) is 0 Å². The van der Waals surface area contributed by atoms with Crippen LogP contribution < -0.4 is 5.73 Å². The van der Waals surface area contributed by atoms with Crippen molar-refractivity contribution in [1.82, 2.24) is 0 Å². The normalized spacial score (nSPS) is 41.2. The van der Waals surface area contributed by atoms with Crippen LogP contribution in [0.25, 0.3) is 0 Å². The molecular weight excluding hydrogens is 170 g/mol. The van der Waals surface area contributed by atoms with Gasteiger partial charge in [0.15, 0.2) is 0 Å². The Morgan fingerprint density at radius 1 is 0.833 bits per heavy atom. The molecule has 0 spiro atoms. The first kappa shape index (κ1) is 10.3. The van der Waals surface area contributed by atoms with E-state index in [-0.39, 0.29) is 12.4 Å². The molecule has 1 nitrogen and oxygen atoms in total. The van der Waals surface area contributed by atoms with Crippen LogP contribution in [-0.2, 0) is 0 Å². The van der Waals surface area contributed by atoms with E-state index in [1.807, 2.05) is 0 Å². The number of hydrogen-bond acceptors (Lipinski definition) is 1. The van der Waals surface area contributed by atoms with Crippen LogP contribution in [0.5, 0.6) is 0 Å². The first-order valence-corrected chi connectivity index (χ1v) is 5.12. The van der Waals surface area contributed by atoms with Gasteiger partial charge in [0.25, 0.3) is 0 Å². The van der Waals surface area contributed by atoms with Gasteiger partial charge < -0.3 is 5.73 Å². The van der Waals surface area contributed by atoms with Gasteiger partial charge in [-0.05, 0) is 31.1 Å². The summed E-state index contributed by atoms with van der Waals surface area (Å²) in [6.07, 6.45) is 9.96. The number of nitrogens with two attached hydrogens (primary N) is 1. The van der Waals surface area contributed by atoms with E-state index in [1.54, 1.807) is 0 Å². The molecule has 2 aliphatic rings. The van der Waals surface area contributed by atoms with Crippen molar-refractivity contribution >= 4 is 12.4 Å². The zero-order chi connectivity index (χ0) is 7.68. The van der Waals surface area contributed by atoms with Crippen LogP contribution in [0.2, 0.25) is 0 Å². The fraction of sp³-hybridized carbons (Fsp3) is 1.00. The van der Waals surface area contributed by atoms with Crippen molar-refractivity contribution < 1.29 is 0 Å². The Labute approximate surface area is 81.5 Å². The molecule has 0 aliphatic heterocycles. The van der Waals surface area contributed by atoms with Crippen LogP contribution >= 0.6 is 12.4 Å². The highest BCUT2D eigenvalue weighted by molar-refractivity contribution is 5.85. The third kappa shape index (κ3) is 2.14. The lowest BCUT2D eigenvalue weighted by molar-refractivity contribution is 0.157. The van der Waals surface area contributed by atoms with Crippen molar-refractivity contribution in [3.63, 3.8) is 0 Å². The second-order valence-corrected chi connectivity index (χ2v) is 4.38. The van der Waals surface area contributed by atoms with E-state index in [0.29, 0.717) is 6.04 Å². The monoisotopic (exact) mass is 189 g/mol. The molecule has 2 N–H and O–H groups in total. The first-order chi connectivity index (χ1) is 5.36. The molecule has 12 heavy (non-hydrogen) atoms. The van der Waals surface area contributed by atoms with E-state index < -0.39 is 0 Å². The molecule has 0 unspecified atom stereocenters. The van der Waals surface area contributed by atoms with Crippen LogP contribution in [0.3, 0.4) is 0 Å². The van der Waals surface area contributed by atoms with Gasteiger partial charge in [0.05, 0.1) is 0 Å². The predicted octanol–water partition coefficient (Wildman–Crippen LogP) is 2.73. The van der Waals surface area contributed by atoms with E-state index in [0.717, 1.165) is 11.8 Å². The molecule has 2 saturated carbocycles. The van der Waals surface area contributed by atoms with E-state index in [1.165, 1.54) is 44.9 Å². The molecule has 0 heterocycles. The van der Waals surface area contributed by atoms with Gasteiger partial charge in [-0.2, -0.15) is 0 Å². The van der Waals surface area contributed by atoms with Gasteiger partial charge in [0, 0.05) is 6.04 Å². The topological polar surface area (TPSA) is 26.0 Å². The van der Waals surface area contributed by atoms with E-state index >= 15 is 0 Å². The summed E-state index contributed by atoms with van der Waals surface area (Å²) in [5.74, 6) is 2.07. The van der Waals surface area contributed by atoms with Crippen molar-refractivity contribution in [3.8, 4) is 0 Å². The van der Waals surface area contributed by atoms with Crippen molar-refractivity contribution in [2.45, 2.75) is 51.0 Å². The molecule has 0 aromatic heterocycles. The SMILES string of the molecule is Cl.N[C@H]1CC[C@H]2CCCC[C@@H]2C1. The average molecular weight is 190 g/mol. The van der Waals surface area contributed by atoms with Gasteiger partial charge in [-0.1, -0.05) is 25.7 Å². The predicted molar refractivity (Wildman–Crippen MR) is 54.5 cm³/mol. The fourth-order valence-electron chi connectivity index (χ4n) is 2.91. The smallest absolute Gasteiger partial charge is 0.00416 e. The second-order valence-electron chi connectivity index (χ2n) is 4.38. The zero-order valence-electron chi connectivity index (χ0n) is 7.67. The summed E-state index contributed by atoms with van der Waals surface area (Å²) < 4.78 is 0. The molecule has 2 aliphatic carbocycles. The van der Waals surface area contributed by atoms with Crippen molar-refractivity contribution in [2.24, 2.45) is 17.6 Å². The molecule has 2 heteroatoms. The van der Waals surface area contributed by atoms with Crippen LogP contribution in [0.4, 0.5) is 0 Å². The molecule has 2 rings (SSSR count). The summed E-state index contributed by atoms with van der Waals surface area (Å²) in [6.45, 7) is 0. The van der Waals surface area contributed by atoms with E-state index in [9.17, 15) is 0 Å². The Hall–Kier alpha value is 0.250. The first-order valence-electron chi connectivity index (χ1n) is 5.12. The maximum Gasteiger partial charge on any atom is 0.00416 e. The largest absolute Gasteiger partial charge is 0.328 e. The Kier molecular flexibility index (Phi) is 3.85. The minimum Gasteiger partial charge on any atom is -0.328 e. The number of hydrogen-bond donors (Lipinski definition) is 1. The van der Waals surface area contributed by atoms with Crippen LogP contribution in [0.1, 0.15) is 44.9 Å². The summed E-state index contributed by atoms with van der Waals surface area (Å²) >= 11 is 0. The summed E-state index contributed by atoms with van der Waals surface area (Å²) in [7, 11) is 0. The number of fused-ring (bicyclic) bond motifs is 1. The van der Waals surface area contributed by atoms with Gasteiger partial charge in [-0.3, -0.25) is 0 Å². The molecule has 0 saturated heterocycles. The highest BCUT2D eigenvalue weighted by Crippen LogP contribution is 2.39. The Morgan fingerprint density at radius 2 is 1.50 bits per heavy atom. The zero-order valence-corrected chi connectivity index (χ0v) is 8.48. The second kappa shape index (κ2) is 4.48. The lowest BCUT2D eigenvalue weighted by atomic mass is 9.70. The van der Waals surface area contributed by atoms with Gasteiger partial charge in [-0.15, -0.1) is 12.4 Å². The minimum atomic E-state index is 0. The number of rotatable bonds is 0. The Balaban J connectivity index is 0.000000720. The highest BCUT2D eigenvalue weighted by Gasteiger charge is 2.30. The molecule has 0 amide bonds. The van der Waals surface area contributed by atoms with Gasteiger partial charge >= 0.3 is 0 Å². The summed E-state index contributed by atoms with van der Waals surface area (Å²) in [5, 5.41) is 0. The quantitative estimate of drug-likeness (QED) is 0.623. The third-order valence-electron chi connectivity index (χ3n) is 3.58. The molecule has 0 radical (unpaired) electrons. The Morgan fingerprint density at radius 3 is 2.25 bits per heavy atom. The molecule has 72 valence electrons.